The summed E-state index contributed by atoms with van der Waals surface area (Å²) in [6, 6.07) is 16.4. The van der Waals surface area contributed by atoms with Gasteiger partial charge in [0, 0.05) is 31.1 Å². The molecule has 1 aromatic heterocycles. The maximum atomic E-state index is 13.0. The molecular formula is C23H25N5O. The van der Waals surface area contributed by atoms with Gasteiger partial charge in [-0.05, 0) is 55.0 Å². The monoisotopic (exact) mass is 387 g/mol. The summed E-state index contributed by atoms with van der Waals surface area (Å²) in [4.78, 5) is 19.2. The molecule has 148 valence electrons. The number of aryl methyl sites for hydroxylation is 1. The molecule has 1 spiro atoms. The highest BCUT2D eigenvalue weighted by molar-refractivity contribution is 5.96. The summed E-state index contributed by atoms with van der Waals surface area (Å²) in [6.07, 6.45) is 6.03. The molecule has 6 heteroatoms. The predicted octanol–water partition coefficient (Wildman–Crippen LogP) is 3.57. The molecule has 0 bridgehead atoms. The van der Waals surface area contributed by atoms with Crippen molar-refractivity contribution in [3.63, 3.8) is 0 Å². The fourth-order valence-corrected chi connectivity index (χ4v) is 4.72. The van der Waals surface area contributed by atoms with Crippen LogP contribution in [-0.4, -0.2) is 34.8 Å². The van der Waals surface area contributed by atoms with Crippen LogP contribution in [0.3, 0.4) is 0 Å². The van der Waals surface area contributed by atoms with Crippen molar-refractivity contribution in [3.05, 3.63) is 66.0 Å². The van der Waals surface area contributed by atoms with Gasteiger partial charge in [0.05, 0.1) is 5.69 Å². The third-order valence-corrected chi connectivity index (χ3v) is 6.27. The topological polar surface area (TPSA) is 63.1 Å². The number of nitrogens with one attached hydrogen (secondary N) is 1. The lowest BCUT2D eigenvalue weighted by atomic mass is 9.78. The third-order valence-electron chi connectivity index (χ3n) is 6.27. The van der Waals surface area contributed by atoms with E-state index in [1.165, 1.54) is 11.1 Å². The molecule has 5 rings (SSSR count). The highest BCUT2D eigenvalue weighted by Crippen LogP contribution is 2.60. The molecule has 1 fully saturated rings. The minimum atomic E-state index is 0.0447. The number of hydrogen-bond donors (Lipinski definition) is 1. The first-order valence-electron chi connectivity index (χ1n) is 10.2. The van der Waals surface area contributed by atoms with Gasteiger partial charge in [-0.25, -0.2) is 4.68 Å². The lowest BCUT2D eigenvalue weighted by Crippen LogP contribution is -2.24. The Morgan fingerprint density at radius 3 is 2.90 bits per heavy atom. The Hall–Kier alpha value is -3.15. The van der Waals surface area contributed by atoms with Crippen molar-refractivity contribution in [2.45, 2.75) is 31.1 Å². The second-order valence-corrected chi connectivity index (χ2v) is 8.35. The molecule has 6 nitrogen and oxygen atoms in total. The Morgan fingerprint density at radius 2 is 2.07 bits per heavy atom. The van der Waals surface area contributed by atoms with Crippen LogP contribution < -0.4 is 10.2 Å². The largest absolute Gasteiger partial charge is 0.346 e. The van der Waals surface area contributed by atoms with Gasteiger partial charge in [0.1, 0.15) is 6.33 Å². The van der Waals surface area contributed by atoms with Crippen LogP contribution in [0.5, 0.6) is 0 Å². The normalized spacial score (nSPS) is 22.2. The fourth-order valence-electron chi connectivity index (χ4n) is 4.72. The first kappa shape index (κ1) is 17.9. The number of aromatic nitrogens is 3. The van der Waals surface area contributed by atoms with Gasteiger partial charge in [-0.2, -0.15) is 4.98 Å². The first-order chi connectivity index (χ1) is 14.1. The highest BCUT2D eigenvalue weighted by Gasteiger charge is 2.60. The smallest absolute Gasteiger partial charge is 0.244 e. The van der Waals surface area contributed by atoms with Gasteiger partial charge in [0.2, 0.25) is 11.9 Å². The van der Waals surface area contributed by atoms with Crippen molar-refractivity contribution in [2.24, 2.45) is 5.92 Å². The molecule has 2 aliphatic rings. The Morgan fingerprint density at radius 1 is 1.21 bits per heavy atom. The number of benzene rings is 2. The van der Waals surface area contributed by atoms with E-state index in [4.69, 9.17) is 0 Å². The molecule has 1 heterocycles. The van der Waals surface area contributed by atoms with Crippen molar-refractivity contribution < 1.29 is 4.79 Å². The molecule has 3 aromatic rings. The van der Waals surface area contributed by atoms with Gasteiger partial charge in [-0.1, -0.05) is 30.3 Å². The number of rotatable bonds is 4. The Labute approximate surface area is 170 Å². The van der Waals surface area contributed by atoms with E-state index < -0.39 is 0 Å². The van der Waals surface area contributed by atoms with E-state index in [0.29, 0.717) is 5.95 Å². The van der Waals surface area contributed by atoms with Crippen LogP contribution in [0.4, 0.5) is 11.6 Å². The summed E-state index contributed by atoms with van der Waals surface area (Å²) < 4.78 is 1.72. The minimum absolute atomic E-state index is 0.0447. The molecule has 1 N–H and O–H groups in total. The summed E-state index contributed by atoms with van der Waals surface area (Å²) in [5.74, 6) is 0.820. The van der Waals surface area contributed by atoms with Crippen molar-refractivity contribution in [2.75, 3.05) is 24.3 Å². The average Bonchev–Trinajstić information content (AvgIpc) is 3.21. The van der Waals surface area contributed by atoms with E-state index >= 15 is 0 Å². The summed E-state index contributed by atoms with van der Waals surface area (Å²) in [7, 11) is 3.82. The fraction of sp³-hybridized carbons (Fsp3) is 0.348. The predicted molar refractivity (Wildman–Crippen MR) is 113 cm³/mol. The van der Waals surface area contributed by atoms with Crippen LogP contribution in [0.1, 0.15) is 30.4 Å². The van der Waals surface area contributed by atoms with E-state index in [-0.39, 0.29) is 17.2 Å². The number of fused-ring (bicyclic) bond motifs is 2. The van der Waals surface area contributed by atoms with E-state index in [1.807, 2.05) is 43.3 Å². The van der Waals surface area contributed by atoms with Gasteiger partial charge < -0.3 is 10.2 Å². The zero-order chi connectivity index (χ0) is 20.0. The van der Waals surface area contributed by atoms with E-state index in [2.05, 4.69) is 39.7 Å². The van der Waals surface area contributed by atoms with E-state index in [9.17, 15) is 4.79 Å². The highest BCUT2D eigenvalue weighted by atomic mass is 16.2. The zero-order valence-corrected chi connectivity index (χ0v) is 16.8. The molecule has 0 radical (unpaired) electrons. The molecule has 29 heavy (non-hydrogen) atoms. The van der Waals surface area contributed by atoms with Crippen LogP contribution in [-0.2, 0) is 16.6 Å². The van der Waals surface area contributed by atoms with Gasteiger partial charge in [-0.15, -0.1) is 5.10 Å². The molecule has 2 unspecified atom stereocenters. The van der Waals surface area contributed by atoms with Crippen molar-refractivity contribution in [1.29, 1.82) is 0 Å². The average molecular weight is 387 g/mol. The SMILES string of the molecule is CN(C)c1ncn(-c2cccc(NC(=O)C3CC34CCCc3ccccc34)c2)n1. The Kier molecular flexibility index (Phi) is 4.15. The van der Waals surface area contributed by atoms with Crippen LogP contribution in [0, 0.1) is 5.92 Å². The summed E-state index contributed by atoms with van der Waals surface area (Å²) in [6.45, 7) is 0. The maximum Gasteiger partial charge on any atom is 0.244 e. The van der Waals surface area contributed by atoms with Crippen LogP contribution in [0.2, 0.25) is 0 Å². The zero-order valence-electron chi connectivity index (χ0n) is 16.8. The Bertz CT molecular complexity index is 1070. The molecule has 1 amide bonds. The van der Waals surface area contributed by atoms with Crippen molar-refractivity contribution in [1.82, 2.24) is 14.8 Å². The second kappa shape index (κ2) is 6.72. The maximum absolute atomic E-state index is 13.0. The number of anilines is 2. The number of nitrogens with zero attached hydrogens (tertiary/aromatic N) is 4. The second-order valence-electron chi connectivity index (χ2n) is 8.35. The van der Waals surface area contributed by atoms with Gasteiger partial charge in [-0.3, -0.25) is 4.79 Å². The standard InChI is InChI=1S/C23H25N5O/c1-27(2)22-24-15-28(26-22)18-10-5-9-17(13-18)25-21(29)20-14-23(20)12-6-8-16-7-3-4-11-19(16)23/h3-5,7,9-11,13,15,20H,6,8,12,14H2,1-2H3,(H,25,29). The van der Waals surface area contributed by atoms with E-state index in [0.717, 1.165) is 37.1 Å². The first-order valence-corrected chi connectivity index (χ1v) is 10.2. The molecule has 2 aromatic carbocycles. The molecule has 2 aliphatic carbocycles. The molecular weight excluding hydrogens is 362 g/mol. The number of amides is 1. The molecule has 2 atom stereocenters. The van der Waals surface area contributed by atoms with E-state index in [1.54, 1.807) is 11.0 Å². The number of carbonyl (C=O) groups is 1. The van der Waals surface area contributed by atoms with Crippen LogP contribution in [0.15, 0.2) is 54.9 Å². The summed E-state index contributed by atoms with van der Waals surface area (Å²) >= 11 is 0. The lowest BCUT2D eigenvalue weighted by Gasteiger charge is -2.26. The summed E-state index contributed by atoms with van der Waals surface area (Å²) in [5.41, 5.74) is 4.51. The Balaban J connectivity index is 1.34. The quantitative estimate of drug-likeness (QED) is 0.743. The summed E-state index contributed by atoms with van der Waals surface area (Å²) in [5, 5.41) is 7.59. The lowest BCUT2D eigenvalue weighted by molar-refractivity contribution is -0.117. The van der Waals surface area contributed by atoms with Gasteiger partial charge >= 0.3 is 0 Å². The van der Waals surface area contributed by atoms with Crippen molar-refractivity contribution >= 4 is 17.5 Å². The molecule has 0 saturated heterocycles. The number of carbonyl (C=O) groups excluding carboxylic acids is 1. The molecule has 1 saturated carbocycles. The van der Waals surface area contributed by atoms with Gasteiger partial charge in [0.15, 0.2) is 0 Å². The minimum Gasteiger partial charge on any atom is -0.346 e. The van der Waals surface area contributed by atoms with Gasteiger partial charge in [0.25, 0.3) is 0 Å². The number of hydrogen-bond acceptors (Lipinski definition) is 4. The van der Waals surface area contributed by atoms with Crippen molar-refractivity contribution in [3.8, 4) is 5.69 Å². The third kappa shape index (κ3) is 3.09. The molecule has 0 aliphatic heterocycles. The van der Waals surface area contributed by atoms with Crippen LogP contribution in [0.25, 0.3) is 5.69 Å². The van der Waals surface area contributed by atoms with Crippen LogP contribution >= 0.6 is 0 Å².